The summed E-state index contributed by atoms with van der Waals surface area (Å²) in [5.41, 5.74) is 7.94. The molecule has 0 aliphatic carbocycles. The Kier molecular flexibility index (Phi) is 4.49. The van der Waals surface area contributed by atoms with E-state index in [0.29, 0.717) is 29.8 Å². The van der Waals surface area contributed by atoms with Gasteiger partial charge in [-0.05, 0) is 42.7 Å². The van der Waals surface area contributed by atoms with Gasteiger partial charge in [-0.15, -0.1) is 0 Å². The number of nitrogens with two attached hydrogens (primary N) is 1. The van der Waals surface area contributed by atoms with E-state index < -0.39 is 0 Å². The topological polar surface area (TPSA) is 83.7 Å². The van der Waals surface area contributed by atoms with Crippen molar-refractivity contribution in [2.24, 2.45) is 5.73 Å². The first kappa shape index (κ1) is 17.4. The predicted octanol–water partition coefficient (Wildman–Crippen LogP) is 2.05. The molecular weight excluding hydrogens is 342 g/mol. The van der Waals surface area contributed by atoms with E-state index in [1.807, 2.05) is 11.0 Å². The molecule has 2 aliphatic rings. The lowest BCUT2D eigenvalue weighted by Crippen LogP contribution is -2.40. The van der Waals surface area contributed by atoms with E-state index in [-0.39, 0.29) is 30.3 Å². The smallest absolute Gasteiger partial charge is 0.261 e. The van der Waals surface area contributed by atoms with Gasteiger partial charge in [-0.1, -0.05) is 24.3 Å². The van der Waals surface area contributed by atoms with Crippen molar-refractivity contribution in [2.75, 3.05) is 13.1 Å². The minimum absolute atomic E-state index is 0.0489. The summed E-state index contributed by atoms with van der Waals surface area (Å²) >= 11 is 0. The number of likely N-dealkylation sites (tertiary alicyclic amines) is 1. The van der Waals surface area contributed by atoms with Crippen LogP contribution in [0, 0.1) is 0 Å². The highest BCUT2D eigenvalue weighted by molar-refractivity contribution is 6.21. The number of amides is 3. The number of hydrogen-bond donors (Lipinski definition) is 1. The SMILES string of the molecule is NCC1CCCN1C(=O)c1cccc(CN2C(=O)c3ccccc3C2=O)c1. The first-order valence-corrected chi connectivity index (χ1v) is 9.15. The summed E-state index contributed by atoms with van der Waals surface area (Å²) in [6, 6.07) is 14.0. The van der Waals surface area contributed by atoms with Gasteiger partial charge in [-0.3, -0.25) is 19.3 Å². The van der Waals surface area contributed by atoms with Crippen molar-refractivity contribution >= 4 is 17.7 Å². The lowest BCUT2D eigenvalue weighted by molar-refractivity contribution is 0.0642. The van der Waals surface area contributed by atoms with Crippen molar-refractivity contribution < 1.29 is 14.4 Å². The Hall–Kier alpha value is -2.99. The number of nitrogens with zero attached hydrogens (tertiary/aromatic N) is 2. The van der Waals surface area contributed by atoms with Gasteiger partial charge in [0.15, 0.2) is 0 Å². The molecule has 0 radical (unpaired) electrons. The Morgan fingerprint density at radius 3 is 2.41 bits per heavy atom. The van der Waals surface area contributed by atoms with Gasteiger partial charge in [-0.25, -0.2) is 0 Å². The molecule has 0 bridgehead atoms. The molecule has 0 spiro atoms. The summed E-state index contributed by atoms with van der Waals surface area (Å²) in [4.78, 5) is 41.0. The molecule has 3 amide bonds. The van der Waals surface area contributed by atoms with Gasteiger partial charge in [0.25, 0.3) is 17.7 Å². The third kappa shape index (κ3) is 3.02. The van der Waals surface area contributed by atoms with Crippen LogP contribution in [0.15, 0.2) is 48.5 Å². The van der Waals surface area contributed by atoms with Crippen LogP contribution < -0.4 is 5.73 Å². The summed E-state index contributed by atoms with van der Waals surface area (Å²) in [7, 11) is 0. The van der Waals surface area contributed by atoms with Crippen LogP contribution in [0.25, 0.3) is 0 Å². The largest absolute Gasteiger partial charge is 0.334 e. The van der Waals surface area contributed by atoms with Gasteiger partial charge in [0.2, 0.25) is 0 Å². The van der Waals surface area contributed by atoms with Crippen molar-refractivity contribution in [3.8, 4) is 0 Å². The molecule has 6 nitrogen and oxygen atoms in total. The average Bonchev–Trinajstić information content (AvgIpc) is 3.27. The fourth-order valence-corrected chi connectivity index (χ4v) is 3.88. The van der Waals surface area contributed by atoms with E-state index in [0.717, 1.165) is 18.4 Å². The Labute approximate surface area is 157 Å². The highest BCUT2D eigenvalue weighted by Crippen LogP contribution is 2.25. The summed E-state index contributed by atoms with van der Waals surface area (Å²) < 4.78 is 0. The first-order valence-electron chi connectivity index (χ1n) is 9.15. The number of benzene rings is 2. The van der Waals surface area contributed by atoms with E-state index in [2.05, 4.69) is 0 Å². The van der Waals surface area contributed by atoms with Crippen LogP contribution in [0.4, 0.5) is 0 Å². The zero-order valence-electron chi connectivity index (χ0n) is 14.9. The van der Waals surface area contributed by atoms with Gasteiger partial charge in [-0.2, -0.15) is 0 Å². The highest BCUT2D eigenvalue weighted by Gasteiger charge is 2.35. The fourth-order valence-electron chi connectivity index (χ4n) is 3.88. The molecule has 0 aromatic heterocycles. The molecule has 1 fully saturated rings. The number of rotatable bonds is 4. The minimum Gasteiger partial charge on any atom is -0.334 e. The zero-order valence-corrected chi connectivity index (χ0v) is 14.9. The average molecular weight is 363 g/mol. The van der Waals surface area contributed by atoms with Crippen LogP contribution in [0.2, 0.25) is 0 Å². The summed E-state index contributed by atoms with van der Waals surface area (Å²) in [6.07, 6.45) is 1.89. The molecule has 6 heteroatoms. The summed E-state index contributed by atoms with van der Waals surface area (Å²) in [5.74, 6) is -0.641. The van der Waals surface area contributed by atoms with Gasteiger partial charge < -0.3 is 10.6 Å². The number of hydrogen-bond acceptors (Lipinski definition) is 4. The third-order valence-corrected chi connectivity index (χ3v) is 5.30. The second-order valence-corrected chi connectivity index (χ2v) is 6.97. The van der Waals surface area contributed by atoms with Crippen LogP contribution >= 0.6 is 0 Å². The van der Waals surface area contributed by atoms with Gasteiger partial charge >= 0.3 is 0 Å². The number of imide groups is 1. The lowest BCUT2D eigenvalue weighted by Gasteiger charge is -2.24. The number of carbonyl (C=O) groups is 3. The van der Waals surface area contributed by atoms with Crippen LogP contribution in [-0.4, -0.2) is 46.7 Å². The Morgan fingerprint density at radius 2 is 1.74 bits per heavy atom. The lowest BCUT2D eigenvalue weighted by atomic mass is 10.1. The van der Waals surface area contributed by atoms with Crippen LogP contribution in [0.3, 0.4) is 0 Å². The molecule has 2 heterocycles. The second-order valence-electron chi connectivity index (χ2n) is 6.97. The molecule has 1 unspecified atom stereocenters. The van der Waals surface area contributed by atoms with Crippen LogP contribution in [-0.2, 0) is 6.54 Å². The van der Waals surface area contributed by atoms with E-state index in [1.54, 1.807) is 42.5 Å². The van der Waals surface area contributed by atoms with Crippen molar-refractivity contribution in [3.63, 3.8) is 0 Å². The maximum atomic E-state index is 12.8. The first-order chi connectivity index (χ1) is 13.1. The van der Waals surface area contributed by atoms with Gasteiger partial charge in [0.1, 0.15) is 0 Å². The number of fused-ring (bicyclic) bond motifs is 1. The Balaban J connectivity index is 1.55. The molecule has 0 saturated carbocycles. The monoisotopic (exact) mass is 363 g/mol. The third-order valence-electron chi connectivity index (χ3n) is 5.30. The molecule has 4 rings (SSSR count). The summed E-state index contributed by atoms with van der Waals surface area (Å²) in [6.45, 7) is 1.32. The molecule has 27 heavy (non-hydrogen) atoms. The highest BCUT2D eigenvalue weighted by atomic mass is 16.2. The standard InChI is InChI=1S/C21H21N3O3/c22-12-16-7-4-10-23(16)19(25)15-6-3-5-14(11-15)13-24-20(26)17-8-1-2-9-18(17)21(24)27/h1-3,5-6,8-9,11,16H,4,7,10,12-13,22H2. The normalized spacial score (nSPS) is 18.9. The van der Waals surface area contributed by atoms with E-state index in [4.69, 9.17) is 5.73 Å². The Bertz CT molecular complexity index is 889. The van der Waals surface area contributed by atoms with Gasteiger partial charge in [0.05, 0.1) is 17.7 Å². The molecular formula is C21H21N3O3. The zero-order chi connectivity index (χ0) is 19.0. The fraction of sp³-hybridized carbons (Fsp3) is 0.286. The van der Waals surface area contributed by atoms with Crippen molar-refractivity contribution in [2.45, 2.75) is 25.4 Å². The van der Waals surface area contributed by atoms with Crippen molar-refractivity contribution in [1.29, 1.82) is 0 Å². The van der Waals surface area contributed by atoms with Crippen LogP contribution in [0.5, 0.6) is 0 Å². The van der Waals surface area contributed by atoms with E-state index in [9.17, 15) is 14.4 Å². The molecule has 2 N–H and O–H groups in total. The maximum Gasteiger partial charge on any atom is 0.261 e. The van der Waals surface area contributed by atoms with Crippen molar-refractivity contribution in [3.05, 3.63) is 70.8 Å². The molecule has 2 aliphatic heterocycles. The summed E-state index contributed by atoms with van der Waals surface area (Å²) in [5, 5.41) is 0. The van der Waals surface area contributed by atoms with Gasteiger partial charge in [0, 0.05) is 24.7 Å². The van der Waals surface area contributed by atoms with Crippen LogP contribution in [0.1, 0.15) is 49.5 Å². The minimum atomic E-state index is -0.296. The quantitative estimate of drug-likeness (QED) is 0.843. The maximum absolute atomic E-state index is 12.8. The second kappa shape index (κ2) is 6.96. The number of carbonyl (C=O) groups excluding carboxylic acids is 3. The van der Waals surface area contributed by atoms with E-state index in [1.165, 1.54) is 4.90 Å². The molecule has 2 aromatic carbocycles. The van der Waals surface area contributed by atoms with E-state index >= 15 is 0 Å². The predicted molar refractivity (Wildman–Crippen MR) is 100 cm³/mol. The molecule has 1 saturated heterocycles. The molecule has 138 valence electrons. The molecule has 2 aromatic rings. The van der Waals surface area contributed by atoms with Crippen molar-refractivity contribution in [1.82, 2.24) is 9.80 Å². The Morgan fingerprint density at radius 1 is 1.04 bits per heavy atom. The molecule has 1 atom stereocenters.